The summed E-state index contributed by atoms with van der Waals surface area (Å²) in [5.41, 5.74) is 5.70. The molecule has 1 aliphatic heterocycles. The van der Waals surface area contributed by atoms with Crippen LogP contribution in [0.15, 0.2) is 30.3 Å². The molecule has 1 saturated heterocycles. The topological polar surface area (TPSA) is 64.4 Å². The molecular weight excluding hydrogens is 276 g/mol. The van der Waals surface area contributed by atoms with Gasteiger partial charge in [0.15, 0.2) is 0 Å². The minimum absolute atomic E-state index is 0. The van der Waals surface area contributed by atoms with Crippen molar-refractivity contribution in [3.63, 3.8) is 0 Å². The van der Waals surface area contributed by atoms with Crippen LogP contribution in [-0.4, -0.2) is 24.7 Å². The van der Waals surface area contributed by atoms with Crippen molar-refractivity contribution in [2.45, 2.75) is 37.8 Å². The van der Waals surface area contributed by atoms with Crippen LogP contribution in [0.4, 0.5) is 0 Å². The summed E-state index contributed by atoms with van der Waals surface area (Å²) in [6, 6.07) is 9.41. The SMILES string of the molecule is CC1(CNC(=O)C(C)(N)c2ccccc2)CCCO1.Cl. The normalized spacial score (nSPS) is 24.6. The van der Waals surface area contributed by atoms with Crippen LogP contribution < -0.4 is 11.1 Å². The molecule has 20 heavy (non-hydrogen) atoms. The Kier molecular flexibility index (Phi) is 5.57. The number of carbonyl (C=O) groups is 1. The standard InChI is InChI=1S/C15H22N2O2.ClH/c1-14(9-6-10-19-14)11-17-13(18)15(2,16)12-7-4-3-5-8-12;/h3-5,7-8H,6,9-11,16H2,1-2H3,(H,17,18);1H. The molecule has 0 saturated carbocycles. The van der Waals surface area contributed by atoms with Crippen LogP contribution in [0, 0.1) is 0 Å². The monoisotopic (exact) mass is 298 g/mol. The van der Waals surface area contributed by atoms with E-state index in [0.29, 0.717) is 6.54 Å². The highest BCUT2D eigenvalue weighted by molar-refractivity contribution is 5.87. The van der Waals surface area contributed by atoms with Gasteiger partial charge in [-0.15, -0.1) is 12.4 Å². The Bertz CT molecular complexity index is 442. The van der Waals surface area contributed by atoms with E-state index in [4.69, 9.17) is 10.5 Å². The number of hydrogen-bond acceptors (Lipinski definition) is 3. The largest absolute Gasteiger partial charge is 0.373 e. The predicted octanol–water partition coefficient (Wildman–Crippen LogP) is 1.97. The zero-order chi connectivity index (χ0) is 13.9. The Morgan fingerprint density at radius 3 is 2.65 bits per heavy atom. The van der Waals surface area contributed by atoms with Crippen molar-refractivity contribution in [2.75, 3.05) is 13.2 Å². The zero-order valence-corrected chi connectivity index (χ0v) is 12.8. The van der Waals surface area contributed by atoms with Crippen LogP contribution >= 0.6 is 12.4 Å². The highest BCUT2D eigenvalue weighted by Gasteiger charge is 2.34. The van der Waals surface area contributed by atoms with Gasteiger partial charge >= 0.3 is 0 Å². The number of ether oxygens (including phenoxy) is 1. The van der Waals surface area contributed by atoms with Gasteiger partial charge in [-0.2, -0.15) is 0 Å². The summed E-state index contributed by atoms with van der Waals surface area (Å²) in [5, 5.41) is 2.91. The van der Waals surface area contributed by atoms with E-state index in [-0.39, 0.29) is 23.9 Å². The molecule has 1 aromatic carbocycles. The maximum absolute atomic E-state index is 12.3. The molecule has 1 aliphatic rings. The molecule has 0 bridgehead atoms. The van der Waals surface area contributed by atoms with Crippen LogP contribution in [-0.2, 0) is 15.1 Å². The molecule has 2 rings (SSSR count). The van der Waals surface area contributed by atoms with Gasteiger partial charge in [0.1, 0.15) is 5.54 Å². The molecule has 0 aliphatic carbocycles. The number of amides is 1. The average Bonchev–Trinajstić information content (AvgIpc) is 2.84. The van der Waals surface area contributed by atoms with E-state index in [1.54, 1.807) is 6.92 Å². The van der Waals surface area contributed by atoms with Crippen molar-refractivity contribution in [2.24, 2.45) is 5.73 Å². The maximum Gasteiger partial charge on any atom is 0.244 e. The van der Waals surface area contributed by atoms with Gasteiger partial charge < -0.3 is 15.8 Å². The molecule has 1 amide bonds. The number of hydrogen-bond donors (Lipinski definition) is 2. The first-order valence-electron chi connectivity index (χ1n) is 6.71. The molecule has 1 fully saturated rings. The number of nitrogens with one attached hydrogen (secondary N) is 1. The Morgan fingerprint density at radius 2 is 2.10 bits per heavy atom. The third-order valence-corrected chi connectivity index (χ3v) is 3.77. The first-order chi connectivity index (χ1) is 8.94. The fraction of sp³-hybridized carbons (Fsp3) is 0.533. The van der Waals surface area contributed by atoms with E-state index >= 15 is 0 Å². The van der Waals surface area contributed by atoms with Crippen LogP contribution in [0.2, 0.25) is 0 Å². The number of benzene rings is 1. The van der Waals surface area contributed by atoms with E-state index in [0.717, 1.165) is 25.0 Å². The fourth-order valence-electron chi connectivity index (χ4n) is 2.34. The minimum atomic E-state index is -1.02. The third kappa shape index (κ3) is 3.72. The summed E-state index contributed by atoms with van der Waals surface area (Å²) in [6.07, 6.45) is 2.02. The van der Waals surface area contributed by atoms with Crippen LogP contribution in [0.3, 0.4) is 0 Å². The first kappa shape index (κ1) is 17.0. The molecule has 1 heterocycles. The Labute approximate surface area is 126 Å². The lowest BCUT2D eigenvalue weighted by atomic mass is 9.92. The van der Waals surface area contributed by atoms with Crippen molar-refractivity contribution in [1.82, 2.24) is 5.32 Å². The first-order valence-corrected chi connectivity index (χ1v) is 6.71. The van der Waals surface area contributed by atoms with Gasteiger partial charge in [0.25, 0.3) is 0 Å². The lowest BCUT2D eigenvalue weighted by Gasteiger charge is -2.28. The molecule has 2 atom stereocenters. The lowest BCUT2D eigenvalue weighted by molar-refractivity contribution is -0.127. The molecule has 1 aromatic rings. The number of nitrogens with two attached hydrogens (primary N) is 1. The van der Waals surface area contributed by atoms with Crippen molar-refractivity contribution in [1.29, 1.82) is 0 Å². The predicted molar refractivity (Wildman–Crippen MR) is 81.8 cm³/mol. The summed E-state index contributed by atoms with van der Waals surface area (Å²) < 4.78 is 5.65. The van der Waals surface area contributed by atoms with Gasteiger partial charge in [0.2, 0.25) is 5.91 Å². The van der Waals surface area contributed by atoms with Crippen molar-refractivity contribution in [3.05, 3.63) is 35.9 Å². The van der Waals surface area contributed by atoms with E-state index in [2.05, 4.69) is 5.32 Å². The Hall–Kier alpha value is -1.10. The highest BCUT2D eigenvalue weighted by atomic mass is 35.5. The maximum atomic E-state index is 12.3. The lowest BCUT2D eigenvalue weighted by Crippen LogP contribution is -2.52. The van der Waals surface area contributed by atoms with E-state index < -0.39 is 5.54 Å². The molecule has 3 N–H and O–H groups in total. The highest BCUT2D eigenvalue weighted by Crippen LogP contribution is 2.24. The summed E-state index contributed by atoms with van der Waals surface area (Å²) >= 11 is 0. The van der Waals surface area contributed by atoms with Gasteiger partial charge in [0, 0.05) is 13.2 Å². The zero-order valence-electron chi connectivity index (χ0n) is 12.0. The van der Waals surface area contributed by atoms with E-state index in [9.17, 15) is 4.79 Å². The summed E-state index contributed by atoms with van der Waals surface area (Å²) in [7, 11) is 0. The van der Waals surface area contributed by atoms with Gasteiger partial charge in [0.05, 0.1) is 5.60 Å². The molecule has 0 aromatic heterocycles. The number of rotatable bonds is 4. The second kappa shape index (κ2) is 6.57. The Balaban J connectivity index is 0.00000200. The second-order valence-electron chi connectivity index (χ2n) is 5.65. The quantitative estimate of drug-likeness (QED) is 0.893. The van der Waals surface area contributed by atoms with Crippen molar-refractivity contribution in [3.8, 4) is 0 Å². The molecular formula is C15H23ClN2O2. The van der Waals surface area contributed by atoms with Gasteiger partial charge in [-0.05, 0) is 32.3 Å². The minimum Gasteiger partial charge on any atom is -0.373 e. The third-order valence-electron chi connectivity index (χ3n) is 3.77. The van der Waals surface area contributed by atoms with Gasteiger partial charge in [-0.1, -0.05) is 30.3 Å². The molecule has 112 valence electrons. The molecule has 4 nitrogen and oxygen atoms in total. The van der Waals surface area contributed by atoms with Crippen LogP contribution in [0.1, 0.15) is 32.3 Å². The molecule has 2 unspecified atom stereocenters. The average molecular weight is 299 g/mol. The summed E-state index contributed by atoms with van der Waals surface area (Å²) in [6.45, 7) is 5.03. The smallest absolute Gasteiger partial charge is 0.244 e. The molecule has 0 spiro atoms. The Morgan fingerprint density at radius 1 is 1.45 bits per heavy atom. The van der Waals surface area contributed by atoms with Gasteiger partial charge in [-0.3, -0.25) is 4.79 Å². The van der Waals surface area contributed by atoms with Gasteiger partial charge in [-0.25, -0.2) is 0 Å². The van der Waals surface area contributed by atoms with Crippen molar-refractivity contribution < 1.29 is 9.53 Å². The molecule has 0 radical (unpaired) electrons. The number of halogens is 1. The molecule has 5 heteroatoms. The number of carbonyl (C=O) groups excluding carboxylic acids is 1. The second-order valence-corrected chi connectivity index (χ2v) is 5.65. The van der Waals surface area contributed by atoms with Crippen molar-refractivity contribution >= 4 is 18.3 Å². The van der Waals surface area contributed by atoms with E-state index in [1.165, 1.54) is 0 Å². The summed E-state index contributed by atoms with van der Waals surface area (Å²) in [4.78, 5) is 12.3. The fourth-order valence-corrected chi connectivity index (χ4v) is 2.34. The van der Waals surface area contributed by atoms with Crippen LogP contribution in [0.25, 0.3) is 0 Å². The summed E-state index contributed by atoms with van der Waals surface area (Å²) in [5.74, 6) is -0.171. The van der Waals surface area contributed by atoms with Crippen LogP contribution in [0.5, 0.6) is 0 Å². The van der Waals surface area contributed by atoms with E-state index in [1.807, 2.05) is 37.3 Å².